The average Bonchev–Trinajstić information content (AvgIpc) is 2.46. The average molecular weight is 293 g/mol. The van der Waals surface area contributed by atoms with Crippen molar-refractivity contribution in [1.82, 2.24) is 5.32 Å². The van der Waals surface area contributed by atoms with Crippen LogP contribution in [0.2, 0.25) is 0 Å². The van der Waals surface area contributed by atoms with Gasteiger partial charge in [0.15, 0.2) is 0 Å². The molecule has 1 aromatic carbocycles. The third-order valence-electron chi connectivity index (χ3n) is 4.29. The molecule has 118 valence electrons. The van der Waals surface area contributed by atoms with Gasteiger partial charge in [0, 0.05) is 18.7 Å². The maximum absolute atomic E-state index is 13.1. The van der Waals surface area contributed by atoms with E-state index >= 15 is 0 Å². The van der Waals surface area contributed by atoms with Crippen molar-refractivity contribution in [3.05, 3.63) is 35.6 Å². The molecule has 0 amide bonds. The van der Waals surface area contributed by atoms with Crippen LogP contribution in [-0.4, -0.2) is 18.8 Å². The highest BCUT2D eigenvalue weighted by molar-refractivity contribution is 5.20. The van der Waals surface area contributed by atoms with Gasteiger partial charge in [-0.05, 0) is 42.9 Å². The number of benzene rings is 1. The number of halogens is 1. The van der Waals surface area contributed by atoms with Crippen LogP contribution in [0.3, 0.4) is 0 Å². The Morgan fingerprint density at radius 2 is 2.00 bits per heavy atom. The van der Waals surface area contributed by atoms with Crippen LogP contribution in [-0.2, 0) is 4.74 Å². The van der Waals surface area contributed by atoms with Gasteiger partial charge < -0.3 is 10.1 Å². The Kier molecular flexibility index (Phi) is 6.19. The zero-order valence-electron chi connectivity index (χ0n) is 13.4. The molecule has 0 spiro atoms. The molecule has 1 aliphatic rings. The molecule has 2 rings (SSSR count). The van der Waals surface area contributed by atoms with E-state index in [1.165, 1.54) is 12.0 Å². The Morgan fingerprint density at radius 1 is 1.29 bits per heavy atom. The van der Waals surface area contributed by atoms with Crippen LogP contribution in [0, 0.1) is 11.7 Å². The molecule has 0 bridgehead atoms. The van der Waals surface area contributed by atoms with Crippen molar-refractivity contribution in [2.24, 2.45) is 5.92 Å². The van der Waals surface area contributed by atoms with E-state index in [1.807, 2.05) is 12.1 Å². The van der Waals surface area contributed by atoms with Gasteiger partial charge in [-0.15, -0.1) is 0 Å². The summed E-state index contributed by atoms with van der Waals surface area (Å²) in [5, 5.41) is 3.78. The summed E-state index contributed by atoms with van der Waals surface area (Å²) in [4.78, 5) is 0. The first-order chi connectivity index (χ1) is 10.1. The predicted octanol–water partition coefficient (Wildman–Crippen LogP) is 4.46. The fourth-order valence-corrected chi connectivity index (χ4v) is 3.15. The van der Waals surface area contributed by atoms with E-state index in [2.05, 4.69) is 26.1 Å². The second-order valence-corrected chi connectivity index (χ2v) is 6.44. The Balaban J connectivity index is 2.01. The largest absolute Gasteiger partial charge is 0.378 e. The van der Waals surface area contributed by atoms with Crippen molar-refractivity contribution in [1.29, 1.82) is 0 Å². The molecule has 1 N–H and O–H groups in total. The molecule has 3 heteroatoms. The number of ether oxygens (including phenoxy) is 1. The first-order valence-corrected chi connectivity index (χ1v) is 8.23. The Bertz CT molecular complexity index is 416. The van der Waals surface area contributed by atoms with Crippen LogP contribution >= 0.6 is 0 Å². The number of nitrogens with one attached hydrogen (secondary N) is 1. The molecule has 1 fully saturated rings. The van der Waals surface area contributed by atoms with E-state index in [1.54, 1.807) is 12.1 Å². The highest BCUT2D eigenvalue weighted by Gasteiger charge is 2.26. The zero-order chi connectivity index (χ0) is 15.2. The monoisotopic (exact) mass is 293 g/mol. The van der Waals surface area contributed by atoms with Gasteiger partial charge in [-0.1, -0.05) is 39.3 Å². The third kappa shape index (κ3) is 4.79. The molecular weight excluding hydrogens is 265 g/mol. The predicted molar refractivity (Wildman–Crippen MR) is 84.8 cm³/mol. The first kappa shape index (κ1) is 16.4. The van der Waals surface area contributed by atoms with Gasteiger partial charge >= 0.3 is 0 Å². The highest BCUT2D eigenvalue weighted by atomic mass is 19.1. The molecule has 2 nitrogen and oxygen atoms in total. The molecule has 1 aromatic rings. The minimum Gasteiger partial charge on any atom is -0.378 e. The summed E-state index contributed by atoms with van der Waals surface area (Å²) in [6.07, 6.45) is 4.84. The van der Waals surface area contributed by atoms with E-state index < -0.39 is 0 Å². The molecule has 1 saturated heterocycles. The van der Waals surface area contributed by atoms with Crippen LogP contribution in [0.15, 0.2) is 24.3 Å². The summed E-state index contributed by atoms with van der Waals surface area (Å²) >= 11 is 0. The number of rotatable bonds is 6. The van der Waals surface area contributed by atoms with Gasteiger partial charge in [0.2, 0.25) is 0 Å². The van der Waals surface area contributed by atoms with E-state index in [0.717, 1.165) is 25.9 Å². The first-order valence-electron chi connectivity index (χ1n) is 8.23. The molecular formula is C18H28FNO. The van der Waals surface area contributed by atoms with Gasteiger partial charge in [-0.2, -0.15) is 0 Å². The summed E-state index contributed by atoms with van der Waals surface area (Å²) in [5.74, 6) is 0.304. The van der Waals surface area contributed by atoms with Crippen molar-refractivity contribution < 1.29 is 9.13 Å². The van der Waals surface area contributed by atoms with Gasteiger partial charge in [0.05, 0.1) is 6.10 Å². The smallest absolute Gasteiger partial charge is 0.123 e. The molecule has 1 heterocycles. The molecule has 3 atom stereocenters. The standard InChI is InChI=1S/C18H28FNO/c1-4-5-17-12-16(10-11-21-17)20-18(13(2)3)14-6-8-15(19)9-7-14/h6-9,13,16-18,20H,4-5,10-12H2,1-3H3. The fourth-order valence-electron chi connectivity index (χ4n) is 3.15. The maximum atomic E-state index is 13.1. The van der Waals surface area contributed by atoms with Crippen LogP contribution in [0.1, 0.15) is 58.1 Å². The lowest BCUT2D eigenvalue weighted by molar-refractivity contribution is -0.00607. The lowest BCUT2D eigenvalue weighted by Crippen LogP contribution is -2.42. The lowest BCUT2D eigenvalue weighted by atomic mass is 9.92. The summed E-state index contributed by atoms with van der Waals surface area (Å²) < 4.78 is 18.9. The SMILES string of the molecule is CCCC1CC(NC(c2ccc(F)cc2)C(C)C)CCO1. The fraction of sp³-hybridized carbons (Fsp3) is 0.667. The molecule has 0 radical (unpaired) electrons. The van der Waals surface area contributed by atoms with Gasteiger partial charge in [-0.3, -0.25) is 0 Å². The van der Waals surface area contributed by atoms with Crippen molar-refractivity contribution >= 4 is 0 Å². The molecule has 0 aromatic heterocycles. The molecule has 21 heavy (non-hydrogen) atoms. The molecule has 0 saturated carbocycles. The van der Waals surface area contributed by atoms with Crippen LogP contribution in [0.4, 0.5) is 4.39 Å². The van der Waals surface area contributed by atoms with Crippen molar-refractivity contribution in [2.75, 3.05) is 6.61 Å². The third-order valence-corrected chi connectivity index (χ3v) is 4.29. The van der Waals surface area contributed by atoms with Crippen LogP contribution < -0.4 is 5.32 Å². The summed E-state index contributed by atoms with van der Waals surface area (Å²) in [5.41, 5.74) is 1.17. The van der Waals surface area contributed by atoms with Crippen LogP contribution in [0.5, 0.6) is 0 Å². The second kappa shape index (κ2) is 7.90. The summed E-state index contributed by atoms with van der Waals surface area (Å²) in [7, 11) is 0. The summed E-state index contributed by atoms with van der Waals surface area (Å²) in [6, 6.07) is 7.67. The molecule has 1 aliphatic heterocycles. The maximum Gasteiger partial charge on any atom is 0.123 e. The number of hydrogen-bond acceptors (Lipinski definition) is 2. The molecule has 3 unspecified atom stereocenters. The normalized spacial score (nSPS) is 24.2. The topological polar surface area (TPSA) is 21.3 Å². The highest BCUT2D eigenvalue weighted by Crippen LogP contribution is 2.26. The van der Waals surface area contributed by atoms with E-state index in [-0.39, 0.29) is 11.9 Å². The van der Waals surface area contributed by atoms with Gasteiger partial charge in [0.1, 0.15) is 5.82 Å². The van der Waals surface area contributed by atoms with Crippen LogP contribution in [0.25, 0.3) is 0 Å². The van der Waals surface area contributed by atoms with Gasteiger partial charge in [-0.25, -0.2) is 4.39 Å². The number of hydrogen-bond donors (Lipinski definition) is 1. The lowest BCUT2D eigenvalue weighted by Gasteiger charge is -2.34. The van der Waals surface area contributed by atoms with Crippen molar-refractivity contribution in [2.45, 2.75) is 64.6 Å². The zero-order valence-corrected chi connectivity index (χ0v) is 13.4. The van der Waals surface area contributed by atoms with Crippen molar-refractivity contribution in [3.63, 3.8) is 0 Å². The van der Waals surface area contributed by atoms with E-state index in [4.69, 9.17) is 4.74 Å². The van der Waals surface area contributed by atoms with Crippen molar-refractivity contribution in [3.8, 4) is 0 Å². The Labute approximate surface area is 128 Å². The summed E-state index contributed by atoms with van der Waals surface area (Å²) in [6.45, 7) is 7.47. The minimum atomic E-state index is -0.171. The molecule has 0 aliphatic carbocycles. The minimum absolute atomic E-state index is 0.171. The van der Waals surface area contributed by atoms with Gasteiger partial charge in [0.25, 0.3) is 0 Å². The quantitative estimate of drug-likeness (QED) is 0.836. The Morgan fingerprint density at radius 3 is 2.62 bits per heavy atom. The Hall–Kier alpha value is -0.930. The van der Waals surface area contributed by atoms with E-state index in [0.29, 0.717) is 18.1 Å². The van der Waals surface area contributed by atoms with E-state index in [9.17, 15) is 4.39 Å². The second-order valence-electron chi connectivity index (χ2n) is 6.44.